The van der Waals surface area contributed by atoms with Gasteiger partial charge >= 0.3 is 0 Å². The zero-order valence-electron chi connectivity index (χ0n) is 12.9. The lowest BCUT2D eigenvalue weighted by Crippen LogP contribution is -2.21. The van der Waals surface area contributed by atoms with Crippen LogP contribution in [-0.2, 0) is 27.1 Å². The number of fused-ring (bicyclic) bond motifs is 1. The molecule has 22 heavy (non-hydrogen) atoms. The molecular formula is C16H19N3O2S. The van der Waals surface area contributed by atoms with E-state index in [4.69, 9.17) is 0 Å². The molecule has 3 rings (SSSR count). The number of aryl methyl sites for hydroxylation is 1. The maximum Gasteiger partial charge on any atom is 0.228 e. The number of carbonyl (C=O) groups excluding carboxylic acids is 1. The third kappa shape index (κ3) is 2.59. The summed E-state index contributed by atoms with van der Waals surface area (Å²) in [5, 5.41) is 7.56. The van der Waals surface area contributed by atoms with Gasteiger partial charge in [0.15, 0.2) is 0 Å². The fourth-order valence-corrected chi connectivity index (χ4v) is 3.76. The van der Waals surface area contributed by atoms with Crippen molar-refractivity contribution >= 4 is 22.5 Å². The van der Waals surface area contributed by atoms with Crippen molar-refractivity contribution in [2.45, 2.75) is 32.3 Å². The Hall–Kier alpha value is -1.95. The van der Waals surface area contributed by atoms with E-state index in [0.717, 1.165) is 22.5 Å². The molecule has 0 saturated heterocycles. The van der Waals surface area contributed by atoms with E-state index >= 15 is 0 Å². The van der Waals surface area contributed by atoms with Crippen molar-refractivity contribution in [2.75, 3.05) is 5.32 Å². The lowest BCUT2D eigenvalue weighted by molar-refractivity contribution is -0.118. The maximum absolute atomic E-state index is 12.1. The molecule has 1 aromatic heterocycles. The van der Waals surface area contributed by atoms with E-state index in [1.165, 1.54) is 0 Å². The van der Waals surface area contributed by atoms with E-state index < -0.39 is 10.8 Å². The topological polar surface area (TPSA) is 64.0 Å². The van der Waals surface area contributed by atoms with Crippen LogP contribution in [0.5, 0.6) is 0 Å². The zero-order valence-corrected chi connectivity index (χ0v) is 13.7. The molecule has 5 nitrogen and oxygen atoms in total. The molecule has 2 aromatic rings. The van der Waals surface area contributed by atoms with Gasteiger partial charge in [-0.25, -0.2) is 4.68 Å². The predicted molar refractivity (Wildman–Crippen MR) is 87.3 cm³/mol. The average Bonchev–Trinajstić information content (AvgIpc) is 2.97. The Morgan fingerprint density at radius 1 is 1.32 bits per heavy atom. The predicted octanol–water partition coefficient (Wildman–Crippen LogP) is 2.54. The van der Waals surface area contributed by atoms with Gasteiger partial charge in [0.2, 0.25) is 5.91 Å². The summed E-state index contributed by atoms with van der Waals surface area (Å²) in [5.74, 6) is 1.39. The van der Waals surface area contributed by atoms with E-state index in [2.05, 4.69) is 10.4 Å². The van der Waals surface area contributed by atoms with Crippen molar-refractivity contribution in [2.24, 2.45) is 5.92 Å². The summed E-state index contributed by atoms with van der Waals surface area (Å²) >= 11 is 0. The van der Waals surface area contributed by atoms with Crippen molar-refractivity contribution in [3.8, 4) is 5.69 Å². The Balaban J connectivity index is 2.11. The Bertz CT molecular complexity index is 765. The Kier molecular flexibility index (Phi) is 3.87. The first kappa shape index (κ1) is 15.0. The number of amides is 1. The number of hydrogen-bond acceptors (Lipinski definition) is 3. The molecule has 6 heteroatoms. The van der Waals surface area contributed by atoms with Gasteiger partial charge in [0.05, 0.1) is 22.9 Å². The number of nitrogens with one attached hydrogen (secondary N) is 1. The van der Waals surface area contributed by atoms with Crippen LogP contribution >= 0.6 is 0 Å². The van der Waals surface area contributed by atoms with Crippen LogP contribution in [-0.4, -0.2) is 19.9 Å². The molecule has 1 aromatic carbocycles. The highest BCUT2D eigenvalue weighted by molar-refractivity contribution is 7.83. The minimum atomic E-state index is -0.921. The molecule has 0 saturated carbocycles. The minimum Gasteiger partial charge on any atom is -0.310 e. The fraction of sp³-hybridized carbons (Fsp3) is 0.375. The maximum atomic E-state index is 12.1. The average molecular weight is 317 g/mol. The summed E-state index contributed by atoms with van der Waals surface area (Å²) in [6, 6.07) is 7.90. The van der Waals surface area contributed by atoms with E-state index in [1.807, 2.05) is 45.0 Å². The normalized spacial score (nSPS) is 16.8. The molecule has 0 fully saturated rings. The zero-order chi connectivity index (χ0) is 15.9. The van der Waals surface area contributed by atoms with Crippen LogP contribution in [0.25, 0.3) is 5.69 Å². The van der Waals surface area contributed by atoms with Crippen LogP contribution < -0.4 is 5.32 Å². The van der Waals surface area contributed by atoms with Crippen molar-refractivity contribution < 1.29 is 9.00 Å². The van der Waals surface area contributed by atoms with Crippen LogP contribution in [0, 0.1) is 12.8 Å². The Morgan fingerprint density at radius 3 is 2.73 bits per heavy atom. The van der Waals surface area contributed by atoms with Gasteiger partial charge < -0.3 is 5.32 Å². The summed E-state index contributed by atoms with van der Waals surface area (Å²) in [6.07, 6.45) is 0. The van der Waals surface area contributed by atoms with Crippen LogP contribution in [0.4, 0.5) is 5.82 Å². The van der Waals surface area contributed by atoms with Gasteiger partial charge in [-0.1, -0.05) is 32.0 Å². The molecule has 0 spiro atoms. The first-order chi connectivity index (χ1) is 10.5. The number of nitrogens with zero attached hydrogens (tertiary/aromatic N) is 2. The lowest BCUT2D eigenvalue weighted by atomic mass is 10.2. The van der Waals surface area contributed by atoms with Crippen LogP contribution in [0.15, 0.2) is 24.3 Å². The van der Waals surface area contributed by atoms with Gasteiger partial charge in [0.25, 0.3) is 0 Å². The quantitative estimate of drug-likeness (QED) is 0.946. The summed E-state index contributed by atoms with van der Waals surface area (Å²) in [6.45, 7) is 5.71. The molecule has 1 atom stereocenters. The molecule has 1 N–H and O–H groups in total. The molecule has 0 radical (unpaired) electrons. The SMILES string of the molecule is Cc1ccccc1-n1nc2c(c1NC(=O)C(C)C)C[S@@](=O)C2. The molecule has 1 amide bonds. The number of anilines is 1. The molecule has 1 aliphatic rings. The largest absolute Gasteiger partial charge is 0.310 e. The van der Waals surface area contributed by atoms with Crippen molar-refractivity contribution in [1.82, 2.24) is 9.78 Å². The second-order valence-electron chi connectivity index (χ2n) is 5.84. The number of benzene rings is 1. The third-order valence-electron chi connectivity index (χ3n) is 3.78. The van der Waals surface area contributed by atoms with Gasteiger partial charge in [-0.3, -0.25) is 9.00 Å². The molecule has 0 unspecified atom stereocenters. The van der Waals surface area contributed by atoms with Crippen molar-refractivity contribution in [1.29, 1.82) is 0 Å². The number of para-hydroxylation sites is 1. The van der Waals surface area contributed by atoms with Gasteiger partial charge in [-0.05, 0) is 18.6 Å². The Morgan fingerprint density at radius 2 is 2.05 bits per heavy atom. The fourth-order valence-electron chi connectivity index (χ4n) is 2.49. The smallest absolute Gasteiger partial charge is 0.228 e. The summed E-state index contributed by atoms with van der Waals surface area (Å²) in [7, 11) is -0.921. The molecular weight excluding hydrogens is 298 g/mol. The standard InChI is InChI=1S/C16H19N3O2S/c1-10(2)16(20)17-15-12-8-22(21)9-13(12)18-19(15)14-7-5-4-6-11(14)3/h4-7,10H,8-9H2,1-3H3,(H,17,20)/t22-/m1/s1. The van der Waals surface area contributed by atoms with Crippen LogP contribution in [0.2, 0.25) is 0 Å². The van der Waals surface area contributed by atoms with Crippen LogP contribution in [0.3, 0.4) is 0 Å². The third-order valence-corrected chi connectivity index (χ3v) is 4.99. The molecule has 0 bridgehead atoms. The lowest BCUT2D eigenvalue weighted by Gasteiger charge is -2.13. The molecule has 116 valence electrons. The van der Waals surface area contributed by atoms with E-state index in [-0.39, 0.29) is 11.8 Å². The summed E-state index contributed by atoms with van der Waals surface area (Å²) in [5.41, 5.74) is 3.72. The number of carbonyl (C=O) groups is 1. The highest BCUT2D eigenvalue weighted by Gasteiger charge is 2.28. The molecule has 0 aliphatic carbocycles. The second-order valence-corrected chi connectivity index (χ2v) is 7.30. The van der Waals surface area contributed by atoms with E-state index in [0.29, 0.717) is 17.3 Å². The van der Waals surface area contributed by atoms with Gasteiger partial charge in [0, 0.05) is 22.3 Å². The summed E-state index contributed by atoms with van der Waals surface area (Å²) < 4.78 is 13.6. The van der Waals surface area contributed by atoms with Gasteiger partial charge in [-0.2, -0.15) is 5.10 Å². The van der Waals surface area contributed by atoms with E-state index in [1.54, 1.807) is 4.68 Å². The Labute approximate surface area is 132 Å². The van der Waals surface area contributed by atoms with Crippen molar-refractivity contribution in [3.05, 3.63) is 41.1 Å². The first-order valence-electron chi connectivity index (χ1n) is 7.30. The monoisotopic (exact) mass is 317 g/mol. The van der Waals surface area contributed by atoms with Crippen LogP contribution in [0.1, 0.15) is 30.7 Å². The highest BCUT2D eigenvalue weighted by Crippen LogP contribution is 2.32. The molecule has 1 aliphatic heterocycles. The van der Waals surface area contributed by atoms with E-state index in [9.17, 15) is 9.00 Å². The highest BCUT2D eigenvalue weighted by atomic mass is 32.2. The second kappa shape index (κ2) is 5.68. The number of aromatic nitrogens is 2. The van der Waals surface area contributed by atoms with Gasteiger partial charge in [-0.15, -0.1) is 0 Å². The van der Waals surface area contributed by atoms with Crippen molar-refractivity contribution in [3.63, 3.8) is 0 Å². The molecule has 2 heterocycles. The minimum absolute atomic E-state index is 0.0600. The number of rotatable bonds is 3. The van der Waals surface area contributed by atoms with Gasteiger partial charge in [0.1, 0.15) is 5.82 Å². The first-order valence-corrected chi connectivity index (χ1v) is 8.78. The number of hydrogen-bond donors (Lipinski definition) is 1. The summed E-state index contributed by atoms with van der Waals surface area (Å²) in [4.78, 5) is 12.1.